The molecule has 0 bridgehead atoms. The summed E-state index contributed by atoms with van der Waals surface area (Å²) in [5.41, 5.74) is 2.70. The maximum atomic E-state index is 9.16. The maximum absolute atomic E-state index is 9.16. The van der Waals surface area contributed by atoms with Crippen molar-refractivity contribution in [2.24, 2.45) is 0 Å². The van der Waals surface area contributed by atoms with Gasteiger partial charge in [0, 0.05) is 11.4 Å². The first kappa shape index (κ1) is 13.9. The fourth-order valence-electron chi connectivity index (χ4n) is 2.27. The fourth-order valence-corrected chi connectivity index (χ4v) is 3.28. The van der Waals surface area contributed by atoms with E-state index in [-0.39, 0.29) is 19.3 Å². The van der Waals surface area contributed by atoms with Crippen molar-refractivity contribution in [3.05, 3.63) is 29.3 Å². The lowest BCUT2D eigenvalue weighted by Crippen LogP contribution is -2.37. The minimum atomic E-state index is -0.171. The zero-order chi connectivity index (χ0) is 13.0. The standard InChI is InChI=1S/C14H21NO2S/c1-15(13(9-16)10-17)8-11-4-5-14-12(7-11)3-2-6-18-14/h4-5,7,13,16-17H,2-3,6,8-10H2,1H3. The van der Waals surface area contributed by atoms with Crippen LogP contribution in [0.1, 0.15) is 17.5 Å². The second-order valence-corrected chi connectivity index (χ2v) is 5.96. The third kappa shape index (κ3) is 3.26. The molecule has 1 aliphatic heterocycles. The molecule has 1 heterocycles. The largest absolute Gasteiger partial charge is 0.395 e. The smallest absolute Gasteiger partial charge is 0.0609 e. The molecule has 0 fully saturated rings. The van der Waals surface area contributed by atoms with Gasteiger partial charge in [-0.2, -0.15) is 0 Å². The van der Waals surface area contributed by atoms with Crippen LogP contribution in [0.15, 0.2) is 23.1 Å². The normalized spacial score (nSPS) is 15.2. The molecule has 0 spiro atoms. The first-order chi connectivity index (χ1) is 8.74. The van der Waals surface area contributed by atoms with Gasteiger partial charge in [0.2, 0.25) is 0 Å². The number of rotatable bonds is 5. The summed E-state index contributed by atoms with van der Waals surface area (Å²) in [6, 6.07) is 6.45. The molecule has 3 nitrogen and oxygen atoms in total. The molecule has 0 radical (unpaired) electrons. The summed E-state index contributed by atoms with van der Waals surface area (Å²) in [5, 5.41) is 18.3. The Hall–Kier alpha value is -0.550. The van der Waals surface area contributed by atoms with Crippen LogP contribution in [-0.2, 0) is 13.0 Å². The average molecular weight is 267 g/mol. The van der Waals surface area contributed by atoms with E-state index in [0.717, 1.165) is 6.54 Å². The van der Waals surface area contributed by atoms with Crippen LogP contribution in [0, 0.1) is 0 Å². The molecule has 1 aromatic carbocycles. The lowest BCUT2D eigenvalue weighted by Gasteiger charge is -2.25. The molecule has 0 atom stereocenters. The van der Waals surface area contributed by atoms with Gasteiger partial charge in [-0.15, -0.1) is 11.8 Å². The second-order valence-electron chi connectivity index (χ2n) is 4.83. The zero-order valence-electron chi connectivity index (χ0n) is 10.8. The molecule has 0 saturated carbocycles. The van der Waals surface area contributed by atoms with Gasteiger partial charge in [-0.25, -0.2) is 0 Å². The van der Waals surface area contributed by atoms with Gasteiger partial charge in [-0.3, -0.25) is 4.90 Å². The molecule has 0 aromatic heterocycles. The van der Waals surface area contributed by atoms with Crippen LogP contribution in [0.25, 0.3) is 0 Å². The molecule has 100 valence electrons. The highest BCUT2D eigenvalue weighted by Crippen LogP contribution is 2.30. The molecule has 1 aliphatic rings. The third-order valence-corrected chi connectivity index (χ3v) is 4.65. The monoisotopic (exact) mass is 267 g/mol. The van der Waals surface area contributed by atoms with Gasteiger partial charge >= 0.3 is 0 Å². The van der Waals surface area contributed by atoms with Crippen LogP contribution in [0.3, 0.4) is 0 Å². The summed E-state index contributed by atoms with van der Waals surface area (Å²) in [7, 11) is 1.94. The average Bonchev–Trinajstić information content (AvgIpc) is 2.40. The van der Waals surface area contributed by atoms with E-state index in [9.17, 15) is 0 Å². The van der Waals surface area contributed by atoms with E-state index < -0.39 is 0 Å². The molecule has 1 aromatic rings. The molecule has 0 unspecified atom stereocenters. The summed E-state index contributed by atoms with van der Waals surface area (Å²) in [5.74, 6) is 1.23. The number of fused-ring (bicyclic) bond motifs is 1. The van der Waals surface area contributed by atoms with Gasteiger partial charge in [0.1, 0.15) is 0 Å². The van der Waals surface area contributed by atoms with Crippen LogP contribution < -0.4 is 0 Å². The van der Waals surface area contributed by atoms with Crippen molar-refractivity contribution in [2.75, 3.05) is 26.0 Å². The number of aryl methyl sites for hydroxylation is 1. The summed E-state index contributed by atoms with van der Waals surface area (Å²) in [6.07, 6.45) is 2.43. The quantitative estimate of drug-likeness (QED) is 0.849. The van der Waals surface area contributed by atoms with Crippen molar-refractivity contribution >= 4 is 11.8 Å². The molecule has 4 heteroatoms. The Kier molecular flexibility index (Phi) is 5.06. The van der Waals surface area contributed by atoms with E-state index in [1.165, 1.54) is 34.6 Å². The topological polar surface area (TPSA) is 43.7 Å². The predicted molar refractivity (Wildman–Crippen MR) is 74.9 cm³/mol. The third-order valence-electron chi connectivity index (χ3n) is 3.45. The fraction of sp³-hybridized carbons (Fsp3) is 0.571. The van der Waals surface area contributed by atoms with E-state index in [1.807, 2.05) is 23.7 Å². The molecule has 18 heavy (non-hydrogen) atoms. The summed E-state index contributed by atoms with van der Waals surface area (Å²) >= 11 is 1.94. The number of nitrogens with zero attached hydrogens (tertiary/aromatic N) is 1. The minimum Gasteiger partial charge on any atom is -0.395 e. The summed E-state index contributed by atoms with van der Waals surface area (Å²) in [4.78, 5) is 3.41. The highest BCUT2D eigenvalue weighted by atomic mass is 32.2. The molecule has 2 N–H and O–H groups in total. The molecular formula is C14H21NO2S. The Morgan fingerprint density at radius 3 is 2.83 bits per heavy atom. The van der Waals surface area contributed by atoms with E-state index in [4.69, 9.17) is 10.2 Å². The predicted octanol–water partition coefficient (Wildman–Crippen LogP) is 1.51. The number of thioether (sulfide) groups is 1. The van der Waals surface area contributed by atoms with Gasteiger partial charge in [0.25, 0.3) is 0 Å². The lowest BCUT2D eigenvalue weighted by atomic mass is 10.1. The van der Waals surface area contributed by atoms with Crippen molar-refractivity contribution in [2.45, 2.75) is 30.3 Å². The van der Waals surface area contributed by atoms with Crippen molar-refractivity contribution in [3.63, 3.8) is 0 Å². The number of likely N-dealkylation sites (N-methyl/N-ethyl adjacent to an activating group) is 1. The lowest BCUT2D eigenvalue weighted by molar-refractivity contribution is 0.0873. The van der Waals surface area contributed by atoms with Crippen molar-refractivity contribution in [3.8, 4) is 0 Å². The Morgan fingerprint density at radius 1 is 1.33 bits per heavy atom. The Labute approximate surface area is 113 Å². The van der Waals surface area contributed by atoms with E-state index >= 15 is 0 Å². The van der Waals surface area contributed by atoms with Crippen molar-refractivity contribution < 1.29 is 10.2 Å². The first-order valence-corrected chi connectivity index (χ1v) is 7.39. The van der Waals surface area contributed by atoms with E-state index in [0.29, 0.717) is 0 Å². The van der Waals surface area contributed by atoms with Gasteiger partial charge in [0.05, 0.1) is 19.3 Å². The van der Waals surface area contributed by atoms with Crippen LogP contribution >= 0.6 is 11.8 Å². The van der Waals surface area contributed by atoms with Gasteiger partial charge in [-0.05, 0) is 42.8 Å². The number of benzene rings is 1. The maximum Gasteiger partial charge on any atom is 0.0609 e. The second kappa shape index (κ2) is 6.57. The van der Waals surface area contributed by atoms with E-state index in [2.05, 4.69) is 18.2 Å². The number of aliphatic hydroxyl groups is 2. The highest BCUT2D eigenvalue weighted by molar-refractivity contribution is 7.99. The molecule has 0 amide bonds. The molecular weight excluding hydrogens is 246 g/mol. The Bertz CT molecular complexity index is 393. The molecule has 2 rings (SSSR count). The van der Waals surface area contributed by atoms with E-state index in [1.54, 1.807) is 0 Å². The Balaban J connectivity index is 2.05. The SMILES string of the molecule is CN(Cc1ccc2c(c1)CCCS2)C(CO)CO. The number of hydrogen-bond acceptors (Lipinski definition) is 4. The molecule has 0 aliphatic carbocycles. The number of aliphatic hydroxyl groups excluding tert-OH is 2. The molecule has 0 saturated heterocycles. The van der Waals surface area contributed by atoms with Crippen LogP contribution in [0.2, 0.25) is 0 Å². The highest BCUT2D eigenvalue weighted by Gasteiger charge is 2.14. The van der Waals surface area contributed by atoms with Gasteiger partial charge in [-0.1, -0.05) is 12.1 Å². The van der Waals surface area contributed by atoms with Crippen LogP contribution in [-0.4, -0.2) is 47.2 Å². The van der Waals surface area contributed by atoms with Gasteiger partial charge in [0.15, 0.2) is 0 Å². The first-order valence-electron chi connectivity index (χ1n) is 6.41. The summed E-state index contributed by atoms with van der Waals surface area (Å²) in [6.45, 7) is 0.755. The van der Waals surface area contributed by atoms with Crippen LogP contribution in [0.5, 0.6) is 0 Å². The summed E-state index contributed by atoms with van der Waals surface area (Å²) < 4.78 is 0. The van der Waals surface area contributed by atoms with Gasteiger partial charge < -0.3 is 10.2 Å². The Morgan fingerprint density at radius 2 is 2.11 bits per heavy atom. The van der Waals surface area contributed by atoms with Crippen molar-refractivity contribution in [1.29, 1.82) is 0 Å². The number of hydrogen-bond donors (Lipinski definition) is 2. The minimum absolute atomic E-state index is 0.00616. The van der Waals surface area contributed by atoms with Crippen LogP contribution in [0.4, 0.5) is 0 Å². The zero-order valence-corrected chi connectivity index (χ0v) is 11.6. The van der Waals surface area contributed by atoms with Crippen molar-refractivity contribution in [1.82, 2.24) is 4.90 Å².